The predicted octanol–water partition coefficient (Wildman–Crippen LogP) is 6.35. The molecule has 0 N–H and O–H groups in total. The van der Waals surface area contributed by atoms with Gasteiger partial charge in [0.05, 0.1) is 17.4 Å². The first-order valence-electron chi connectivity index (χ1n) is 10.2. The van der Waals surface area contributed by atoms with Crippen molar-refractivity contribution < 1.29 is 13.7 Å². The minimum absolute atomic E-state index is 0.500. The Morgan fingerprint density at radius 2 is 1.83 bits per heavy atom. The normalized spacial score (nSPS) is 12.7. The van der Waals surface area contributed by atoms with Crippen molar-refractivity contribution >= 4 is 21.7 Å². The van der Waals surface area contributed by atoms with Crippen LogP contribution >= 0.6 is 0 Å². The zero-order valence-corrected chi connectivity index (χ0v) is 18.3. The van der Waals surface area contributed by atoms with Crippen LogP contribution in [0.2, 0.25) is 0 Å². The van der Waals surface area contributed by atoms with Crippen molar-refractivity contribution in [2.24, 2.45) is 7.05 Å². The summed E-state index contributed by atoms with van der Waals surface area (Å²) in [5.74, 6) is 2.45. The first-order valence-corrected chi connectivity index (χ1v) is 10.2. The van der Waals surface area contributed by atoms with Crippen molar-refractivity contribution in [1.29, 1.82) is 0 Å². The molecule has 0 fully saturated rings. The van der Waals surface area contributed by atoms with Gasteiger partial charge in [0.15, 0.2) is 11.8 Å². The molecule has 4 heteroatoms. The molecule has 5 rings (SSSR count). The van der Waals surface area contributed by atoms with Crippen LogP contribution in [0.25, 0.3) is 37.8 Å². The van der Waals surface area contributed by atoms with E-state index in [0.717, 1.165) is 39.3 Å². The summed E-state index contributed by atoms with van der Waals surface area (Å²) in [7, 11) is 2.06. The molecular formula is C26H25N2O2+. The molecule has 3 heterocycles. The van der Waals surface area contributed by atoms with Gasteiger partial charge in [-0.1, -0.05) is 12.1 Å². The highest BCUT2D eigenvalue weighted by Crippen LogP contribution is 2.50. The molecule has 0 aliphatic carbocycles. The van der Waals surface area contributed by atoms with Crippen LogP contribution in [-0.2, 0) is 13.5 Å². The summed E-state index contributed by atoms with van der Waals surface area (Å²) in [5.41, 5.74) is 6.19. The molecule has 0 atom stereocenters. The summed E-state index contributed by atoms with van der Waals surface area (Å²) >= 11 is 0. The van der Waals surface area contributed by atoms with Crippen molar-refractivity contribution in [3.63, 3.8) is 0 Å². The Kier molecular flexibility index (Phi) is 3.79. The lowest BCUT2D eigenvalue weighted by molar-refractivity contribution is -0.659. The van der Waals surface area contributed by atoms with E-state index >= 15 is 0 Å². The van der Waals surface area contributed by atoms with E-state index in [2.05, 4.69) is 61.6 Å². The quantitative estimate of drug-likeness (QED) is 0.257. The van der Waals surface area contributed by atoms with E-state index < -0.39 is 5.54 Å². The topological polar surface area (TPSA) is 30.6 Å². The first kappa shape index (κ1) is 18.7. The molecular weight excluding hydrogens is 372 g/mol. The number of aromatic nitrogens is 1. The Bertz CT molecular complexity index is 1420. The van der Waals surface area contributed by atoms with Crippen molar-refractivity contribution in [2.45, 2.75) is 46.6 Å². The first-order chi connectivity index (χ1) is 14.2. The van der Waals surface area contributed by atoms with Crippen LogP contribution < -0.4 is 9.30 Å². The summed E-state index contributed by atoms with van der Waals surface area (Å²) in [5, 5.41) is 3.35. The Labute approximate surface area is 176 Å². The minimum atomic E-state index is -0.500. The van der Waals surface area contributed by atoms with Crippen LogP contribution in [0, 0.1) is 27.3 Å². The van der Waals surface area contributed by atoms with Gasteiger partial charge in [0.25, 0.3) is 5.69 Å². The maximum atomic E-state index is 7.44. The molecule has 2 aromatic carbocycles. The molecule has 4 nitrogen and oxygen atoms in total. The van der Waals surface area contributed by atoms with Gasteiger partial charge in [0.2, 0.25) is 11.3 Å². The highest BCUT2D eigenvalue weighted by Gasteiger charge is 2.34. The number of aryl methyl sites for hydroxylation is 3. The number of benzene rings is 2. The number of furan rings is 1. The minimum Gasteiger partial charge on any atom is -0.456 e. The average molecular weight is 397 g/mol. The van der Waals surface area contributed by atoms with Crippen LogP contribution in [0.5, 0.6) is 11.5 Å². The Hall–Kier alpha value is -3.32. The Morgan fingerprint density at radius 1 is 1.07 bits per heavy atom. The van der Waals surface area contributed by atoms with Crippen molar-refractivity contribution in [1.82, 2.24) is 0 Å². The summed E-state index contributed by atoms with van der Waals surface area (Å²) in [6.45, 7) is 17.8. The lowest BCUT2D eigenvalue weighted by Crippen LogP contribution is -2.32. The van der Waals surface area contributed by atoms with Gasteiger partial charge in [-0.05, 0) is 55.0 Å². The molecule has 0 unspecified atom stereocenters. The van der Waals surface area contributed by atoms with E-state index in [1.54, 1.807) is 0 Å². The monoisotopic (exact) mass is 397 g/mol. The lowest BCUT2D eigenvalue weighted by atomic mass is 9.90. The Morgan fingerprint density at radius 3 is 2.57 bits per heavy atom. The van der Waals surface area contributed by atoms with Gasteiger partial charge in [0.1, 0.15) is 18.6 Å². The summed E-state index contributed by atoms with van der Waals surface area (Å²) in [6, 6.07) is 8.61. The van der Waals surface area contributed by atoms with Gasteiger partial charge in [-0.3, -0.25) is 0 Å². The van der Waals surface area contributed by atoms with E-state index in [-0.39, 0.29) is 0 Å². The van der Waals surface area contributed by atoms with Crippen LogP contribution in [0.3, 0.4) is 0 Å². The van der Waals surface area contributed by atoms with E-state index in [1.165, 1.54) is 27.6 Å². The van der Waals surface area contributed by atoms with E-state index in [4.69, 9.17) is 15.7 Å². The molecule has 0 bridgehead atoms. The van der Waals surface area contributed by atoms with E-state index in [1.807, 2.05) is 19.9 Å². The number of hydrogen-bond acceptors (Lipinski definition) is 2. The maximum Gasteiger partial charge on any atom is 0.260 e. The van der Waals surface area contributed by atoms with Gasteiger partial charge in [-0.2, -0.15) is 4.57 Å². The molecule has 0 saturated heterocycles. The van der Waals surface area contributed by atoms with Crippen molar-refractivity contribution in [2.75, 3.05) is 0 Å². The smallest absolute Gasteiger partial charge is 0.260 e. The molecule has 4 aromatic rings. The fourth-order valence-corrected chi connectivity index (χ4v) is 4.58. The largest absolute Gasteiger partial charge is 0.456 e. The summed E-state index contributed by atoms with van der Waals surface area (Å²) in [4.78, 5) is 3.73. The van der Waals surface area contributed by atoms with E-state index in [9.17, 15) is 0 Å². The molecule has 1 aliphatic heterocycles. The number of nitrogens with zero attached hydrogens (tertiary/aromatic N) is 2. The van der Waals surface area contributed by atoms with Gasteiger partial charge < -0.3 is 14.0 Å². The van der Waals surface area contributed by atoms with Crippen molar-refractivity contribution in [3.05, 3.63) is 64.3 Å². The standard InChI is InChI=1S/C26H25N2O2/c1-14-8-17-10-15(2)16(3)21-22(17)20(9-14)30-25-23(21)28(7)13-18-11-19(29-24(18)25)12-26(4,5)27-6/h8-11,13H,12H2,1-5,7H3/q+1. The zero-order valence-electron chi connectivity index (χ0n) is 18.3. The summed E-state index contributed by atoms with van der Waals surface area (Å²) < 4.78 is 14.9. The number of rotatable bonds is 2. The van der Waals surface area contributed by atoms with Crippen LogP contribution in [0.1, 0.15) is 36.3 Å². The SMILES string of the molecule is [C-]#[N+]C(C)(C)Cc1cc2c[n+](C)c3c(c2o1)Oc1cc(C)cc2cc(C)c(C)c-3c12. The van der Waals surface area contributed by atoms with Gasteiger partial charge in [-0.25, -0.2) is 6.57 Å². The third kappa shape index (κ3) is 2.62. The zero-order chi connectivity index (χ0) is 21.4. The van der Waals surface area contributed by atoms with Gasteiger partial charge in [-0.15, -0.1) is 0 Å². The maximum absolute atomic E-state index is 7.44. The van der Waals surface area contributed by atoms with Gasteiger partial charge in [0, 0.05) is 19.2 Å². The lowest BCUT2D eigenvalue weighted by Gasteiger charge is -2.22. The second-order valence-corrected chi connectivity index (χ2v) is 9.17. The fraction of sp³-hybridized carbons (Fsp3) is 0.308. The second kappa shape index (κ2) is 6.09. The molecule has 2 aromatic heterocycles. The average Bonchev–Trinajstić information content (AvgIpc) is 3.06. The predicted molar refractivity (Wildman–Crippen MR) is 119 cm³/mol. The molecule has 1 aliphatic rings. The number of hydrogen-bond donors (Lipinski definition) is 0. The van der Waals surface area contributed by atoms with Crippen molar-refractivity contribution in [3.8, 4) is 22.8 Å². The fourth-order valence-electron chi connectivity index (χ4n) is 4.58. The molecule has 0 saturated carbocycles. The van der Waals surface area contributed by atoms with E-state index in [0.29, 0.717) is 6.42 Å². The highest BCUT2D eigenvalue weighted by molar-refractivity contribution is 6.07. The van der Waals surface area contributed by atoms with Crippen LogP contribution in [0.4, 0.5) is 0 Å². The molecule has 30 heavy (non-hydrogen) atoms. The van der Waals surface area contributed by atoms with Gasteiger partial charge >= 0.3 is 0 Å². The number of ether oxygens (including phenoxy) is 1. The molecule has 150 valence electrons. The third-order valence-corrected chi connectivity index (χ3v) is 6.14. The summed E-state index contributed by atoms with van der Waals surface area (Å²) in [6.07, 6.45) is 2.66. The number of fused-ring (bicyclic) bond motifs is 4. The highest BCUT2D eigenvalue weighted by atomic mass is 16.5. The number of pyridine rings is 1. The molecule has 0 radical (unpaired) electrons. The molecule has 0 spiro atoms. The second-order valence-electron chi connectivity index (χ2n) is 9.17. The van der Waals surface area contributed by atoms with Crippen LogP contribution in [0.15, 0.2) is 34.9 Å². The Balaban J connectivity index is 1.84. The van der Waals surface area contributed by atoms with Crippen LogP contribution in [-0.4, -0.2) is 5.54 Å². The molecule has 0 amide bonds. The third-order valence-electron chi connectivity index (χ3n) is 6.14.